The maximum Gasteiger partial charge on any atom is 0.0498 e. The quantitative estimate of drug-likeness (QED) is 0.763. The fourth-order valence-corrected chi connectivity index (χ4v) is 2.12. The second kappa shape index (κ2) is 3.90. The van der Waals surface area contributed by atoms with E-state index >= 15 is 0 Å². The molecule has 1 heterocycles. The minimum Gasteiger partial charge on any atom is -0.385 e. The highest BCUT2D eigenvalue weighted by molar-refractivity contribution is 6.32. The molecule has 15 heavy (non-hydrogen) atoms. The molecule has 0 saturated heterocycles. The van der Waals surface area contributed by atoms with Crippen molar-refractivity contribution in [2.24, 2.45) is 5.41 Å². The number of halogens is 1. The van der Waals surface area contributed by atoms with E-state index in [-0.39, 0.29) is 5.41 Å². The molecule has 0 saturated carbocycles. The van der Waals surface area contributed by atoms with E-state index in [2.05, 4.69) is 31.3 Å². The summed E-state index contributed by atoms with van der Waals surface area (Å²) < 4.78 is 0. The van der Waals surface area contributed by atoms with Gasteiger partial charge in [-0.1, -0.05) is 49.7 Å². The smallest absolute Gasteiger partial charge is 0.0498 e. The molecule has 1 aliphatic heterocycles. The molecule has 0 bridgehead atoms. The Kier molecular flexibility index (Phi) is 2.74. The molecule has 0 spiro atoms. The summed E-state index contributed by atoms with van der Waals surface area (Å²) in [6.07, 6.45) is 3.44. The highest BCUT2D eigenvalue weighted by Crippen LogP contribution is 2.32. The molecule has 1 aliphatic rings. The molecule has 0 radical (unpaired) electrons. The van der Waals surface area contributed by atoms with Crippen LogP contribution in [-0.4, -0.2) is 6.54 Å². The van der Waals surface area contributed by atoms with Crippen LogP contribution in [0.4, 0.5) is 0 Å². The van der Waals surface area contributed by atoms with Crippen LogP contribution in [0.25, 0.3) is 5.70 Å². The van der Waals surface area contributed by atoms with Gasteiger partial charge < -0.3 is 5.32 Å². The summed E-state index contributed by atoms with van der Waals surface area (Å²) >= 11 is 6.17. The monoisotopic (exact) mass is 221 g/mol. The van der Waals surface area contributed by atoms with Gasteiger partial charge in [0, 0.05) is 22.8 Å². The Labute approximate surface area is 96.1 Å². The first-order valence-electron chi connectivity index (χ1n) is 5.30. The Balaban J connectivity index is 2.40. The Morgan fingerprint density at radius 2 is 2.00 bits per heavy atom. The van der Waals surface area contributed by atoms with Crippen LogP contribution in [0.5, 0.6) is 0 Å². The van der Waals surface area contributed by atoms with Gasteiger partial charge in [-0.2, -0.15) is 0 Å². The molecular weight excluding hydrogens is 206 g/mol. The number of allylic oxidation sites excluding steroid dienone is 1. The lowest BCUT2D eigenvalue weighted by molar-refractivity contribution is 0.418. The third kappa shape index (κ3) is 2.35. The van der Waals surface area contributed by atoms with Crippen LogP contribution >= 0.6 is 11.6 Å². The van der Waals surface area contributed by atoms with Crippen molar-refractivity contribution in [3.05, 3.63) is 40.9 Å². The van der Waals surface area contributed by atoms with E-state index in [1.807, 2.05) is 18.2 Å². The van der Waals surface area contributed by atoms with Gasteiger partial charge in [0.25, 0.3) is 0 Å². The van der Waals surface area contributed by atoms with Crippen molar-refractivity contribution in [3.8, 4) is 0 Å². The van der Waals surface area contributed by atoms with Gasteiger partial charge >= 0.3 is 0 Å². The number of hydrogen-bond acceptors (Lipinski definition) is 1. The van der Waals surface area contributed by atoms with Crippen molar-refractivity contribution in [2.45, 2.75) is 20.3 Å². The summed E-state index contributed by atoms with van der Waals surface area (Å²) in [6, 6.07) is 7.97. The number of nitrogens with one attached hydrogen (secondary N) is 1. The van der Waals surface area contributed by atoms with E-state index in [9.17, 15) is 0 Å². The van der Waals surface area contributed by atoms with Gasteiger partial charge in [0.2, 0.25) is 0 Å². The molecular formula is C13H16ClN. The Hall–Kier alpha value is -0.950. The minimum atomic E-state index is 0.264. The summed E-state index contributed by atoms with van der Waals surface area (Å²) in [6.45, 7) is 5.53. The van der Waals surface area contributed by atoms with Crippen LogP contribution in [0.2, 0.25) is 5.02 Å². The molecule has 0 unspecified atom stereocenters. The van der Waals surface area contributed by atoms with Crippen LogP contribution < -0.4 is 5.32 Å². The topological polar surface area (TPSA) is 12.0 Å². The van der Waals surface area contributed by atoms with Gasteiger partial charge in [-0.25, -0.2) is 0 Å². The molecule has 1 N–H and O–H groups in total. The number of rotatable bonds is 1. The van der Waals surface area contributed by atoms with E-state index in [1.54, 1.807) is 0 Å². The third-order valence-corrected chi connectivity index (χ3v) is 3.11. The van der Waals surface area contributed by atoms with Crippen LogP contribution in [-0.2, 0) is 0 Å². The van der Waals surface area contributed by atoms with E-state index in [0.29, 0.717) is 0 Å². The maximum atomic E-state index is 6.17. The molecule has 2 rings (SSSR count). The van der Waals surface area contributed by atoms with E-state index in [4.69, 9.17) is 11.6 Å². The number of benzene rings is 1. The average molecular weight is 222 g/mol. The van der Waals surface area contributed by atoms with Gasteiger partial charge in [-0.15, -0.1) is 0 Å². The van der Waals surface area contributed by atoms with Gasteiger partial charge in [-0.3, -0.25) is 0 Å². The summed E-state index contributed by atoms with van der Waals surface area (Å²) in [5, 5.41) is 4.22. The average Bonchev–Trinajstić information content (AvgIpc) is 2.17. The van der Waals surface area contributed by atoms with Gasteiger partial charge in [0.15, 0.2) is 0 Å². The second-order valence-corrected chi connectivity index (χ2v) is 5.11. The van der Waals surface area contributed by atoms with Crippen molar-refractivity contribution in [1.82, 2.24) is 5.32 Å². The Bertz CT molecular complexity index is 393. The second-order valence-electron chi connectivity index (χ2n) is 4.70. The van der Waals surface area contributed by atoms with Crippen molar-refractivity contribution in [2.75, 3.05) is 6.54 Å². The van der Waals surface area contributed by atoms with Crippen LogP contribution in [0, 0.1) is 5.41 Å². The number of hydrogen-bond donors (Lipinski definition) is 1. The largest absolute Gasteiger partial charge is 0.385 e. The molecule has 2 heteroatoms. The lowest BCUT2D eigenvalue weighted by Gasteiger charge is -2.29. The van der Waals surface area contributed by atoms with Crippen molar-refractivity contribution in [1.29, 1.82) is 0 Å². The van der Waals surface area contributed by atoms with E-state index in [1.165, 1.54) is 6.42 Å². The first-order chi connectivity index (χ1) is 7.08. The summed E-state index contributed by atoms with van der Waals surface area (Å²) in [7, 11) is 0. The highest BCUT2D eigenvalue weighted by Gasteiger charge is 2.21. The van der Waals surface area contributed by atoms with Crippen molar-refractivity contribution >= 4 is 17.3 Å². The summed E-state index contributed by atoms with van der Waals surface area (Å²) in [5.41, 5.74) is 2.53. The molecule has 1 nitrogen and oxygen atoms in total. The van der Waals surface area contributed by atoms with Gasteiger partial charge in [-0.05, 0) is 17.9 Å². The third-order valence-electron chi connectivity index (χ3n) is 2.78. The molecule has 0 amide bonds. The Morgan fingerprint density at radius 1 is 1.27 bits per heavy atom. The first kappa shape index (κ1) is 10.6. The first-order valence-corrected chi connectivity index (χ1v) is 5.68. The SMILES string of the molecule is CC1(C)C=C(c2ccccc2Cl)NCC1. The molecule has 1 aromatic carbocycles. The zero-order valence-corrected chi connectivity index (χ0v) is 9.93. The molecule has 0 aliphatic carbocycles. The molecule has 0 fully saturated rings. The van der Waals surface area contributed by atoms with Gasteiger partial charge in [0.1, 0.15) is 0 Å². The van der Waals surface area contributed by atoms with Crippen molar-refractivity contribution in [3.63, 3.8) is 0 Å². The fraction of sp³-hybridized carbons (Fsp3) is 0.385. The molecule has 0 atom stereocenters. The maximum absolute atomic E-state index is 6.17. The minimum absolute atomic E-state index is 0.264. The summed E-state index contributed by atoms with van der Waals surface area (Å²) in [4.78, 5) is 0. The summed E-state index contributed by atoms with van der Waals surface area (Å²) in [5.74, 6) is 0. The van der Waals surface area contributed by atoms with Crippen LogP contribution in [0.1, 0.15) is 25.8 Å². The highest BCUT2D eigenvalue weighted by atomic mass is 35.5. The van der Waals surface area contributed by atoms with E-state index < -0.39 is 0 Å². The lowest BCUT2D eigenvalue weighted by atomic mass is 9.85. The Morgan fingerprint density at radius 3 is 2.67 bits per heavy atom. The van der Waals surface area contributed by atoms with Crippen LogP contribution in [0.15, 0.2) is 30.3 Å². The molecule has 1 aromatic rings. The van der Waals surface area contributed by atoms with E-state index in [0.717, 1.165) is 22.8 Å². The zero-order chi connectivity index (χ0) is 10.9. The molecule has 80 valence electrons. The van der Waals surface area contributed by atoms with Gasteiger partial charge in [0.05, 0.1) is 0 Å². The normalized spacial score (nSPS) is 19.3. The lowest BCUT2D eigenvalue weighted by Crippen LogP contribution is -2.27. The predicted octanol–water partition coefficient (Wildman–Crippen LogP) is 3.70. The van der Waals surface area contributed by atoms with Crippen LogP contribution in [0.3, 0.4) is 0 Å². The predicted molar refractivity (Wildman–Crippen MR) is 65.8 cm³/mol. The zero-order valence-electron chi connectivity index (χ0n) is 9.18. The standard InChI is InChI=1S/C13H16ClN/c1-13(2)7-8-15-12(9-13)10-5-3-4-6-11(10)14/h3-6,9,15H,7-8H2,1-2H3. The fourth-order valence-electron chi connectivity index (χ4n) is 1.89. The van der Waals surface area contributed by atoms with Crippen molar-refractivity contribution < 1.29 is 0 Å². The molecule has 0 aromatic heterocycles.